The molecule has 4 N–H and O–H groups in total. The Morgan fingerprint density at radius 1 is 1.05 bits per heavy atom. The van der Waals surface area contributed by atoms with Crippen LogP contribution in [-0.2, 0) is 14.3 Å². The monoisotopic (exact) mass is 544 g/mol. The van der Waals surface area contributed by atoms with Gasteiger partial charge in [0, 0.05) is 37.2 Å². The van der Waals surface area contributed by atoms with Crippen molar-refractivity contribution < 1.29 is 19.1 Å². The number of nitrogens with two attached hydrogens (primary N) is 1. The molecule has 2 aromatic carbocycles. The lowest BCUT2D eigenvalue weighted by Gasteiger charge is -2.28. The Morgan fingerprint density at radius 3 is 2.50 bits per heavy atom. The van der Waals surface area contributed by atoms with Crippen LogP contribution in [0.15, 0.2) is 66.9 Å². The van der Waals surface area contributed by atoms with Crippen molar-refractivity contribution in [1.29, 1.82) is 0 Å². The number of carbonyl (C=O) groups excluding carboxylic acids is 3. The molecule has 0 aromatic heterocycles. The lowest BCUT2D eigenvalue weighted by Crippen LogP contribution is -2.50. The molecule has 0 saturated carbocycles. The Kier molecular flexibility index (Phi) is 8.35. The quantitative estimate of drug-likeness (QED) is 0.278. The number of carbonyl (C=O) groups is 3. The van der Waals surface area contributed by atoms with Crippen molar-refractivity contribution in [3.8, 4) is 0 Å². The minimum atomic E-state index is -0.807. The molecule has 3 amide bonds. The van der Waals surface area contributed by atoms with Crippen molar-refractivity contribution in [2.75, 3.05) is 43.5 Å². The number of hydrogen-bond acceptors (Lipinski definition) is 7. The highest BCUT2D eigenvalue weighted by Gasteiger charge is 2.35. The molecule has 10 nitrogen and oxygen atoms in total. The molecule has 0 spiro atoms. The van der Waals surface area contributed by atoms with Gasteiger partial charge in [0.1, 0.15) is 12.6 Å². The first-order valence-corrected chi connectivity index (χ1v) is 13.7. The Balaban J connectivity index is 1.20. The van der Waals surface area contributed by atoms with Gasteiger partial charge in [-0.15, -0.1) is 0 Å². The molecule has 3 aliphatic heterocycles. The maximum Gasteiger partial charge on any atom is 0.424 e. The maximum absolute atomic E-state index is 13.1. The van der Waals surface area contributed by atoms with Crippen LogP contribution in [0.4, 0.5) is 16.2 Å². The highest BCUT2D eigenvalue weighted by atomic mass is 16.5. The van der Waals surface area contributed by atoms with E-state index in [1.165, 1.54) is 34.4 Å². The molecule has 0 radical (unpaired) electrons. The van der Waals surface area contributed by atoms with Gasteiger partial charge in [0.15, 0.2) is 0 Å². The van der Waals surface area contributed by atoms with E-state index in [0.29, 0.717) is 30.1 Å². The third-order valence-corrected chi connectivity index (χ3v) is 7.73. The fourth-order valence-corrected chi connectivity index (χ4v) is 5.69. The number of nitrogens with zero attached hydrogens (tertiary/aromatic N) is 3. The van der Waals surface area contributed by atoms with Gasteiger partial charge in [-0.2, -0.15) is 0 Å². The third-order valence-electron chi connectivity index (χ3n) is 7.73. The number of methoxy groups -OCH3 is 1. The van der Waals surface area contributed by atoms with Crippen LogP contribution in [0.2, 0.25) is 0 Å². The van der Waals surface area contributed by atoms with E-state index in [1.54, 1.807) is 0 Å². The molecule has 210 valence electrons. The second kappa shape index (κ2) is 12.3. The van der Waals surface area contributed by atoms with Crippen LogP contribution in [0.1, 0.15) is 42.9 Å². The number of amides is 3. The molecule has 5 rings (SSSR count). The number of ether oxygens (including phenoxy) is 1. The number of hydrazine groups is 1. The van der Waals surface area contributed by atoms with Crippen molar-refractivity contribution in [2.45, 2.75) is 37.8 Å². The van der Waals surface area contributed by atoms with Crippen molar-refractivity contribution in [3.63, 3.8) is 0 Å². The van der Waals surface area contributed by atoms with Gasteiger partial charge in [-0.3, -0.25) is 9.59 Å². The van der Waals surface area contributed by atoms with Gasteiger partial charge in [0.05, 0.1) is 13.2 Å². The molecule has 2 saturated heterocycles. The van der Waals surface area contributed by atoms with Crippen LogP contribution in [0.25, 0.3) is 5.57 Å². The zero-order chi connectivity index (χ0) is 28.1. The van der Waals surface area contributed by atoms with Crippen LogP contribution in [0.5, 0.6) is 0 Å². The molecular formula is C30H36N6O4. The van der Waals surface area contributed by atoms with Gasteiger partial charge in [0.2, 0.25) is 11.8 Å². The van der Waals surface area contributed by atoms with Gasteiger partial charge in [0.25, 0.3) is 0 Å². The summed E-state index contributed by atoms with van der Waals surface area (Å²) >= 11 is 0. The fraction of sp³-hybridized carbons (Fsp3) is 0.367. The van der Waals surface area contributed by atoms with E-state index in [9.17, 15) is 14.4 Å². The van der Waals surface area contributed by atoms with Crippen LogP contribution in [-0.4, -0.2) is 67.1 Å². The van der Waals surface area contributed by atoms with Gasteiger partial charge in [-0.1, -0.05) is 36.4 Å². The first-order chi connectivity index (χ1) is 19.4. The summed E-state index contributed by atoms with van der Waals surface area (Å²) in [5.74, 6) is 4.95. The fourth-order valence-electron chi connectivity index (χ4n) is 5.69. The van der Waals surface area contributed by atoms with Crippen molar-refractivity contribution in [1.82, 2.24) is 15.2 Å². The van der Waals surface area contributed by atoms with Crippen LogP contribution < -0.4 is 21.4 Å². The summed E-state index contributed by atoms with van der Waals surface area (Å²) in [7, 11) is 1.19. The maximum atomic E-state index is 13.1. The zero-order valence-electron chi connectivity index (χ0n) is 22.7. The summed E-state index contributed by atoms with van der Waals surface area (Å²) in [6.45, 7) is 1.95. The normalized spacial score (nSPS) is 20.1. The van der Waals surface area contributed by atoms with E-state index in [0.717, 1.165) is 25.9 Å². The molecule has 0 bridgehead atoms. The second-order valence-electron chi connectivity index (χ2n) is 10.3. The minimum Gasteiger partial charge on any atom is -0.452 e. The Morgan fingerprint density at radius 2 is 1.80 bits per heavy atom. The number of anilines is 2. The van der Waals surface area contributed by atoms with E-state index in [-0.39, 0.29) is 24.4 Å². The van der Waals surface area contributed by atoms with Crippen LogP contribution in [0, 0.1) is 0 Å². The van der Waals surface area contributed by atoms with E-state index < -0.39 is 12.1 Å². The minimum absolute atomic E-state index is 0.249. The highest BCUT2D eigenvalue weighted by Crippen LogP contribution is 2.37. The molecule has 10 heteroatoms. The number of benzene rings is 2. The molecule has 2 atom stereocenters. The van der Waals surface area contributed by atoms with Gasteiger partial charge >= 0.3 is 6.09 Å². The summed E-state index contributed by atoms with van der Waals surface area (Å²) in [5, 5.41) is 6.92. The SMILES string of the molecule is COC(=O)N(N)CC(=O)N1CCC[C@H]1C(=O)Nc1ccc([C@@H]2CCCN2c2ccc(C3=CNCC=C3)cc2)cc1. The topological polar surface area (TPSA) is 120 Å². The average Bonchev–Trinajstić information content (AvgIpc) is 3.68. The Bertz CT molecular complexity index is 1290. The summed E-state index contributed by atoms with van der Waals surface area (Å²) < 4.78 is 4.54. The van der Waals surface area contributed by atoms with E-state index in [4.69, 9.17) is 5.84 Å². The predicted molar refractivity (Wildman–Crippen MR) is 154 cm³/mol. The number of hydrogen-bond donors (Lipinski definition) is 3. The molecule has 0 unspecified atom stereocenters. The first kappa shape index (κ1) is 27.3. The summed E-state index contributed by atoms with van der Waals surface area (Å²) in [6, 6.07) is 16.3. The van der Waals surface area contributed by atoms with Crippen LogP contribution >= 0.6 is 0 Å². The van der Waals surface area contributed by atoms with E-state index >= 15 is 0 Å². The number of likely N-dealkylation sites (tertiary alicyclic amines) is 1. The summed E-state index contributed by atoms with van der Waals surface area (Å²) in [6.07, 6.45) is 8.95. The van der Waals surface area contributed by atoms with Gasteiger partial charge in [-0.05, 0) is 66.6 Å². The molecular weight excluding hydrogens is 508 g/mol. The highest BCUT2D eigenvalue weighted by molar-refractivity contribution is 5.98. The number of dihydropyridines is 1. The molecule has 2 aromatic rings. The smallest absolute Gasteiger partial charge is 0.424 e. The van der Waals surface area contributed by atoms with Crippen molar-refractivity contribution in [2.24, 2.45) is 5.84 Å². The molecule has 3 heterocycles. The second-order valence-corrected chi connectivity index (χ2v) is 10.3. The van der Waals surface area contributed by atoms with E-state index in [2.05, 4.69) is 75.0 Å². The van der Waals surface area contributed by atoms with E-state index in [1.807, 2.05) is 12.1 Å². The summed E-state index contributed by atoms with van der Waals surface area (Å²) in [4.78, 5) is 41.2. The Labute approximate surface area is 234 Å². The molecule has 0 aliphatic carbocycles. The number of rotatable bonds is 7. The third kappa shape index (κ3) is 5.96. The molecule has 3 aliphatic rings. The predicted octanol–water partition coefficient (Wildman–Crippen LogP) is 3.40. The first-order valence-electron chi connectivity index (χ1n) is 13.7. The number of allylic oxidation sites excluding steroid dienone is 2. The lowest BCUT2D eigenvalue weighted by molar-refractivity contribution is -0.137. The van der Waals surface area contributed by atoms with Crippen molar-refractivity contribution >= 4 is 34.9 Å². The summed E-state index contributed by atoms with van der Waals surface area (Å²) in [5.41, 5.74) is 5.45. The zero-order valence-corrected chi connectivity index (χ0v) is 22.7. The van der Waals surface area contributed by atoms with Crippen LogP contribution in [0.3, 0.4) is 0 Å². The largest absolute Gasteiger partial charge is 0.452 e. The molecule has 2 fully saturated rings. The number of nitrogens with one attached hydrogen (secondary N) is 2. The lowest BCUT2D eigenvalue weighted by atomic mass is 10.0. The molecule has 40 heavy (non-hydrogen) atoms. The Hall–Kier alpha value is -4.31. The van der Waals surface area contributed by atoms with Crippen molar-refractivity contribution in [3.05, 3.63) is 78.0 Å². The average molecular weight is 545 g/mol. The van der Waals surface area contributed by atoms with Gasteiger partial charge < -0.3 is 25.2 Å². The van der Waals surface area contributed by atoms with Gasteiger partial charge in [-0.25, -0.2) is 15.6 Å². The standard InChI is InChI=1S/C30H36N6O4/c1-40-30(39)36(31)20-28(37)35-18-4-7-27(35)29(38)33-24-12-8-22(9-13-24)26-6-3-17-34(26)25-14-10-21(11-15-25)23-5-2-16-32-19-23/h2,5,8-15,19,26-27,32H,3-4,6-7,16-18,20,31H2,1H3,(H,33,38)/t26-,27-/m0/s1.